The van der Waals surface area contributed by atoms with E-state index in [0.29, 0.717) is 27.5 Å². The van der Waals surface area contributed by atoms with Crippen LogP contribution in [0.15, 0.2) is 48.9 Å². The summed E-state index contributed by atoms with van der Waals surface area (Å²) in [6.45, 7) is 2.92. The summed E-state index contributed by atoms with van der Waals surface area (Å²) in [5.41, 5.74) is 5.40. The van der Waals surface area contributed by atoms with E-state index < -0.39 is 0 Å². The lowest BCUT2D eigenvalue weighted by Gasteiger charge is -2.08. The zero-order valence-corrected chi connectivity index (χ0v) is 20.7. The molecule has 1 aromatic carbocycles. The van der Waals surface area contributed by atoms with Crippen molar-refractivity contribution in [3.05, 3.63) is 75.6 Å². The number of carbonyl (C=O) groups excluding carboxylic acids is 1. The molecule has 4 aromatic heterocycles. The van der Waals surface area contributed by atoms with Gasteiger partial charge in [0.25, 0.3) is 5.91 Å². The average molecular weight is 501 g/mol. The summed E-state index contributed by atoms with van der Waals surface area (Å²) in [5.74, 6) is 0.150. The van der Waals surface area contributed by atoms with Crippen LogP contribution in [0.4, 0.5) is 4.39 Å². The van der Waals surface area contributed by atoms with Crippen LogP contribution in [0.2, 0.25) is 0 Å². The van der Waals surface area contributed by atoms with Crippen molar-refractivity contribution in [3.63, 3.8) is 0 Å². The van der Waals surface area contributed by atoms with Gasteiger partial charge in [-0.25, -0.2) is 14.4 Å². The maximum Gasteiger partial charge on any atom is 0.261 e. The van der Waals surface area contributed by atoms with Crippen molar-refractivity contribution in [2.75, 3.05) is 0 Å². The molecule has 5 aromatic rings. The number of hydrogen-bond donors (Lipinski definition) is 2. The molecule has 0 aliphatic heterocycles. The first-order chi connectivity index (χ1) is 17.6. The number of benzene rings is 1. The van der Waals surface area contributed by atoms with Crippen LogP contribution in [-0.2, 0) is 25.9 Å². The molecule has 6 rings (SSSR count). The Bertz CT molecular complexity index is 1560. The van der Waals surface area contributed by atoms with Crippen molar-refractivity contribution in [1.29, 1.82) is 0 Å². The Hall–Kier alpha value is -3.85. The summed E-state index contributed by atoms with van der Waals surface area (Å²) in [7, 11) is 0. The van der Waals surface area contributed by atoms with E-state index in [-0.39, 0.29) is 18.3 Å². The molecule has 1 aliphatic rings. The lowest BCUT2D eigenvalue weighted by atomic mass is 9.99. The van der Waals surface area contributed by atoms with Gasteiger partial charge in [0.15, 0.2) is 5.65 Å². The van der Waals surface area contributed by atoms with Crippen molar-refractivity contribution in [2.24, 2.45) is 0 Å². The van der Waals surface area contributed by atoms with Gasteiger partial charge in [0.05, 0.1) is 22.2 Å². The lowest BCUT2D eigenvalue weighted by molar-refractivity contribution is 0.0954. The fraction of sp³-hybridized carbons (Fsp3) is 0.259. The summed E-state index contributed by atoms with van der Waals surface area (Å²) in [6.07, 6.45) is 9.80. The molecule has 0 unspecified atom stereocenters. The van der Waals surface area contributed by atoms with Gasteiger partial charge in [-0.05, 0) is 61.9 Å². The second-order valence-corrected chi connectivity index (χ2v) is 10.1. The summed E-state index contributed by atoms with van der Waals surface area (Å²) < 4.78 is 16.9. The van der Waals surface area contributed by atoms with Gasteiger partial charge in [-0.15, -0.1) is 11.3 Å². The van der Waals surface area contributed by atoms with Crippen molar-refractivity contribution in [1.82, 2.24) is 30.0 Å². The molecule has 36 heavy (non-hydrogen) atoms. The Labute approximate surface area is 211 Å². The van der Waals surface area contributed by atoms with Gasteiger partial charge in [-0.3, -0.25) is 9.48 Å². The topological polar surface area (TPSA) is 88.5 Å². The normalized spacial score (nSPS) is 13.2. The number of nitrogens with zero attached hydrogens (tertiary/aromatic N) is 4. The van der Waals surface area contributed by atoms with E-state index in [1.54, 1.807) is 29.8 Å². The molecule has 182 valence electrons. The number of thiophene rings is 1. The van der Waals surface area contributed by atoms with E-state index in [2.05, 4.69) is 25.4 Å². The molecule has 0 saturated heterocycles. The van der Waals surface area contributed by atoms with E-state index in [4.69, 9.17) is 0 Å². The van der Waals surface area contributed by atoms with Crippen LogP contribution in [0.5, 0.6) is 0 Å². The number of imidazole rings is 1. The molecule has 2 N–H and O–H groups in total. The van der Waals surface area contributed by atoms with Gasteiger partial charge < -0.3 is 10.3 Å². The molecular formula is C27H25FN6OS. The highest BCUT2D eigenvalue weighted by atomic mass is 32.1. The fourth-order valence-electron chi connectivity index (χ4n) is 4.67. The van der Waals surface area contributed by atoms with Crippen LogP contribution in [-0.4, -0.2) is 30.6 Å². The predicted octanol–water partition coefficient (Wildman–Crippen LogP) is 5.52. The quantitative estimate of drug-likeness (QED) is 0.321. The number of aromatic nitrogens is 5. The molecule has 0 saturated carbocycles. The molecule has 1 amide bonds. The minimum absolute atomic E-state index is 0.134. The number of amides is 1. The lowest BCUT2D eigenvalue weighted by Crippen LogP contribution is -2.22. The molecule has 4 heterocycles. The Balaban J connectivity index is 1.22. The molecule has 0 bridgehead atoms. The Kier molecular flexibility index (Phi) is 5.85. The van der Waals surface area contributed by atoms with Crippen molar-refractivity contribution >= 4 is 28.4 Å². The highest BCUT2D eigenvalue weighted by Crippen LogP contribution is 2.31. The maximum atomic E-state index is 15.1. The summed E-state index contributed by atoms with van der Waals surface area (Å²) >= 11 is 1.56. The van der Waals surface area contributed by atoms with Crippen molar-refractivity contribution in [2.45, 2.75) is 45.7 Å². The van der Waals surface area contributed by atoms with Crippen molar-refractivity contribution in [3.8, 4) is 22.5 Å². The summed E-state index contributed by atoms with van der Waals surface area (Å²) in [4.78, 5) is 27.0. The Morgan fingerprint density at radius 2 is 2.08 bits per heavy atom. The predicted molar refractivity (Wildman–Crippen MR) is 138 cm³/mol. The number of rotatable bonds is 6. The summed E-state index contributed by atoms with van der Waals surface area (Å²) in [5, 5.41) is 7.19. The number of halogens is 1. The number of aryl methyl sites for hydroxylation is 3. The molecular weight excluding hydrogens is 475 g/mol. The number of fused-ring (bicyclic) bond motifs is 2. The van der Waals surface area contributed by atoms with E-state index in [9.17, 15) is 4.79 Å². The molecule has 0 spiro atoms. The Morgan fingerprint density at radius 1 is 1.19 bits per heavy atom. The zero-order valence-electron chi connectivity index (χ0n) is 19.8. The smallest absolute Gasteiger partial charge is 0.261 e. The molecule has 9 heteroatoms. The second-order valence-electron chi connectivity index (χ2n) is 8.98. The molecule has 0 fully saturated rings. The van der Waals surface area contributed by atoms with E-state index in [1.807, 2.05) is 36.0 Å². The third-order valence-corrected chi connectivity index (χ3v) is 7.88. The zero-order chi connectivity index (χ0) is 24.6. The van der Waals surface area contributed by atoms with Crippen LogP contribution in [0, 0.1) is 5.82 Å². The van der Waals surface area contributed by atoms with E-state index in [0.717, 1.165) is 36.0 Å². The van der Waals surface area contributed by atoms with Gasteiger partial charge in [0.2, 0.25) is 0 Å². The number of nitrogens with one attached hydrogen (secondary N) is 2. The largest absolute Gasteiger partial charge is 0.347 e. The first kappa shape index (κ1) is 22.6. The van der Waals surface area contributed by atoms with Crippen LogP contribution in [0.3, 0.4) is 0 Å². The maximum absolute atomic E-state index is 15.1. The minimum atomic E-state index is -0.368. The highest BCUT2D eigenvalue weighted by Gasteiger charge is 2.18. The molecule has 7 nitrogen and oxygen atoms in total. The minimum Gasteiger partial charge on any atom is -0.347 e. The number of aromatic amines is 1. The van der Waals surface area contributed by atoms with Gasteiger partial charge in [0.1, 0.15) is 11.6 Å². The van der Waals surface area contributed by atoms with Gasteiger partial charge >= 0.3 is 0 Å². The van der Waals surface area contributed by atoms with E-state index in [1.165, 1.54) is 29.3 Å². The summed E-state index contributed by atoms with van der Waals surface area (Å²) in [6, 6.07) is 8.91. The first-order valence-electron chi connectivity index (χ1n) is 12.1. The molecule has 0 radical (unpaired) electrons. The number of pyridine rings is 1. The van der Waals surface area contributed by atoms with Crippen LogP contribution in [0.25, 0.3) is 33.7 Å². The van der Waals surface area contributed by atoms with Gasteiger partial charge in [0, 0.05) is 41.5 Å². The van der Waals surface area contributed by atoms with E-state index >= 15 is 4.39 Å². The number of H-pyrrole nitrogens is 1. The molecule has 1 aliphatic carbocycles. The average Bonchev–Trinajstić information content (AvgIpc) is 3.64. The van der Waals surface area contributed by atoms with Crippen molar-refractivity contribution < 1.29 is 9.18 Å². The third kappa shape index (κ3) is 4.19. The van der Waals surface area contributed by atoms with Crippen LogP contribution in [0.1, 0.15) is 45.4 Å². The number of hydrogen-bond acceptors (Lipinski definition) is 5. The van der Waals surface area contributed by atoms with Gasteiger partial charge in [-0.1, -0.05) is 12.1 Å². The first-order valence-corrected chi connectivity index (χ1v) is 13.0. The monoisotopic (exact) mass is 500 g/mol. The fourth-order valence-corrected chi connectivity index (χ4v) is 5.84. The SMILES string of the molecule is CCn1cc(-c2nc3nccc(-c4ccc(CNC(=O)c5cc6c(s5)CCCC6)c(F)c4)c3[nH]2)cn1. The van der Waals surface area contributed by atoms with Gasteiger partial charge in [-0.2, -0.15) is 5.10 Å². The highest BCUT2D eigenvalue weighted by molar-refractivity contribution is 7.14. The third-order valence-electron chi connectivity index (χ3n) is 6.65. The Morgan fingerprint density at radius 3 is 2.89 bits per heavy atom. The van der Waals surface area contributed by atoms with Crippen LogP contribution < -0.4 is 5.32 Å². The van der Waals surface area contributed by atoms with Crippen LogP contribution >= 0.6 is 11.3 Å². The standard InChI is InChI=1S/C27H25FN6OS/c1-2-34-15-19(14-31-34)25-32-24-20(9-10-29-26(24)33-25)16-7-8-18(21(28)11-16)13-30-27(35)23-12-17-5-3-4-6-22(17)36-23/h7-12,14-15H,2-6,13H2,1H3,(H,30,35)(H,29,32,33). The number of carbonyl (C=O) groups is 1. The molecule has 0 atom stereocenters. The second kappa shape index (κ2) is 9.31.